The molecule has 0 unspecified atom stereocenters. The van der Waals surface area contributed by atoms with E-state index >= 15 is 0 Å². The van der Waals surface area contributed by atoms with Gasteiger partial charge < -0.3 is 20.6 Å². The second-order valence-electron chi connectivity index (χ2n) is 6.35. The molecule has 0 spiro atoms. The molecule has 0 aliphatic heterocycles. The van der Waals surface area contributed by atoms with Crippen LogP contribution in [-0.2, 0) is 28.1 Å². The van der Waals surface area contributed by atoms with Crippen molar-refractivity contribution in [3.8, 4) is 11.1 Å². The van der Waals surface area contributed by atoms with E-state index in [-0.39, 0.29) is 42.1 Å². The SMILES string of the molecule is CC(C)(C)[NH-].C[SiH2]C.[CH3-].[CH3-].[Ti+4].[c-]1cccc2c1Cc1ccccc1-2. The molecule has 0 fully saturated rings. The van der Waals surface area contributed by atoms with Crippen molar-refractivity contribution in [1.82, 2.24) is 0 Å². The first-order valence-electron chi connectivity index (χ1n) is 7.69. The largest absolute Gasteiger partial charge is 4.00 e. The summed E-state index contributed by atoms with van der Waals surface area (Å²) < 4.78 is 0. The maximum atomic E-state index is 6.94. The van der Waals surface area contributed by atoms with Crippen LogP contribution in [-0.4, -0.2) is 15.1 Å². The van der Waals surface area contributed by atoms with Gasteiger partial charge in [0.25, 0.3) is 0 Å². The first-order chi connectivity index (χ1) is 9.86. The molecular formula is C21H33NSiTi. The molecule has 1 nitrogen and oxygen atoms in total. The van der Waals surface area contributed by atoms with Gasteiger partial charge in [0.2, 0.25) is 0 Å². The first-order valence-corrected chi connectivity index (χ1v) is 10.5. The molecular weight excluding hydrogens is 342 g/mol. The Balaban J connectivity index is -0.000000351. The van der Waals surface area contributed by atoms with E-state index in [9.17, 15) is 0 Å². The van der Waals surface area contributed by atoms with E-state index in [2.05, 4.69) is 55.6 Å². The summed E-state index contributed by atoms with van der Waals surface area (Å²) in [4.78, 5) is 0. The molecule has 2 aromatic carbocycles. The van der Waals surface area contributed by atoms with Crippen molar-refractivity contribution >= 4 is 9.52 Å². The van der Waals surface area contributed by atoms with E-state index in [4.69, 9.17) is 5.73 Å². The smallest absolute Gasteiger partial charge is 0.673 e. The summed E-state index contributed by atoms with van der Waals surface area (Å²) >= 11 is 0. The van der Waals surface area contributed by atoms with Crippen LogP contribution in [0, 0.1) is 20.9 Å². The van der Waals surface area contributed by atoms with Gasteiger partial charge in [-0.15, -0.1) is 11.1 Å². The monoisotopic (exact) mass is 375 g/mol. The molecule has 0 atom stereocenters. The van der Waals surface area contributed by atoms with Crippen LogP contribution in [0.5, 0.6) is 0 Å². The van der Waals surface area contributed by atoms with Gasteiger partial charge in [0.1, 0.15) is 0 Å². The molecule has 3 rings (SSSR count). The predicted octanol–water partition coefficient (Wildman–Crippen LogP) is 6.04. The van der Waals surface area contributed by atoms with Crippen molar-refractivity contribution in [3.05, 3.63) is 80.2 Å². The minimum absolute atomic E-state index is 0. The summed E-state index contributed by atoms with van der Waals surface area (Å²) in [7, 11) is 0.417. The van der Waals surface area contributed by atoms with E-state index in [1.807, 2.05) is 26.8 Å². The average molecular weight is 375 g/mol. The van der Waals surface area contributed by atoms with Crippen LogP contribution in [0.3, 0.4) is 0 Å². The van der Waals surface area contributed by atoms with E-state index in [1.165, 1.54) is 22.3 Å². The number of rotatable bonds is 0. The third kappa shape index (κ3) is 10.2. The zero-order valence-electron chi connectivity index (χ0n) is 16.5. The fraction of sp³-hybridized carbons (Fsp3) is 0.333. The fourth-order valence-electron chi connectivity index (χ4n) is 2.00. The Morgan fingerprint density at radius 2 is 1.42 bits per heavy atom. The molecule has 2 aromatic rings. The number of nitrogens with one attached hydrogen (secondary N) is 1. The molecule has 1 aliphatic rings. The summed E-state index contributed by atoms with van der Waals surface area (Å²) in [5, 5.41) is 0. The van der Waals surface area contributed by atoms with Crippen LogP contribution in [0.1, 0.15) is 31.9 Å². The Labute approximate surface area is 168 Å². The van der Waals surface area contributed by atoms with Crippen LogP contribution >= 0.6 is 0 Å². The summed E-state index contributed by atoms with van der Waals surface area (Å²) in [6.45, 7) is 10.1. The molecule has 0 radical (unpaired) electrons. The zero-order valence-corrected chi connectivity index (χ0v) is 19.4. The second-order valence-corrected chi connectivity index (χ2v) is 7.77. The number of fused-ring (bicyclic) bond motifs is 3. The van der Waals surface area contributed by atoms with Crippen molar-refractivity contribution in [1.29, 1.82) is 0 Å². The van der Waals surface area contributed by atoms with E-state index < -0.39 is 0 Å². The molecule has 0 amide bonds. The van der Waals surface area contributed by atoms with Crippen molar-refractivity contribution in [3.63, 3.8) is 0 Å². The Morgan fingerprint density at radius 3 is 1.96 bits per heavy atom. The summed E-state index contributed by atoms with van der Waals surface area (Å²) in [6, 6.07) is 18.1. The Hall–Kier alpha value is -0.669. The van der Waals surface area contributed by atoms with Gasteiger partial charge in [-0.1, -0.05) is 69.3 Å². The summed E-state index contributed by atoms with van der Waals surface area (Å²) in [6.07, 6.45) is 1.05. The Kier molecular flexibility index (Phi) is 16.0. The Morgan fingerprint density at radius 1 is 0.958 bits per heavy atom. The van der Waals surface area contributed by atoms with Crippen LogP contribution in [0.15, 0.2) is 42.5 Å². The molecule has 1 N–H and O–H groups in total. The molecule has 24 heavy (non-hydrogen) atoms. The average Bonchev–Trinajstić information content (AvgIpc) is 2.76. The molecule has 0 saturated heterocycles. The zero-order chi connectivity index (χ0) is 15.9. The van der Waals surface area contributed by atoms with Crippen LogP contribution in [0.4, 0.5) is 0 Å². The van der Waals surface area contributed by atoms with Crippen molar-refractivity contribution < 1.29 is 21.7 Å². The first kappa shape index (κ1) is 28.1. The van der Waals surface area contributed by atoms with Gasteiger partial charge in [-0.25, -0.2) is 0 Å². The van der Waals surface area contributed by atoms with Gasteiger partial charge in [0.05, 0.1) is 0 Å². The third-order valence-electron chi connectivity index (χ3n) is 2.62. The number of hydrogen-bond acceptors (Lipinski definition) is 0. The van der Waals surface area contributed by atoms with Gasteiger partial charge in [0.15, 0.2) is 0 Å². The maximum Gasteiger partial charge on any atom is 4.00 e. The van der Waals surface area contributed by atoms with Crippen molar-refractivity contribution in [2.75, 3.05) is 0 Å². The van der Waals surface area contributed by atoms with Crippen LogP contribution in [0.25, 0.3) is 16.9 Å². The molecule has 0 saturated carbocycles. The molecule has 3 heteroatoms. The summed E-state index contributed by atoms with van der Waals surface area (Å²) in [5.41, 5.74) is 12.2. The molecule has 130 valence electrons. The van der Waals surface area contributed by atoms with Gasteiger partial charge in [-0.2, -0.15) is 29.8 Å². The predicted molar refractivity (Wildman–Crippen MR) is 111 cm³/mol. The second kappa shape index (κ2) is 13.6. The van der Waals surface area contributed by atoms with E-state index in [1.54, 1.807) is 0 Å². The number of hydrogen-bond donors (Lipinski definition) is 0. The molecule has 0 heterocycles. The number of benzene rings is 2. The van der Waals surface area contributed by atoms with Gasteiger partial charge in [-0.3, -0.25) is 0 Å². The standard InChI is InChI=1S/C13H9.C4H10N.C2H8Si.2CH3.Ti/c1-3-7-12-10(5-1)9-11-6-2-4-8-13(11)12;1-4(2,3)5;1-3-2;;;/h1-5,7-8H,9H2;5H,1-3H3;3H2,1-2H3;2*1H3;/q2*-1;;2*-1;+4. The fourth-order valence-corrected chi connectivity index (χ4v) is 2.00. The Bertz CT molecular complexity index is 512. The molecule has 0 bridgehead atoms. The molecule has 1 aliphatic carbocycles. The van der Waals surface area contributed by atoms with Crippen LogP contribution < -0.4 is 0 Å². The van der Waals surface area contributed by atoms with E-state index in [0.29, 0.717) is 9.52 Å². The quantitative estimate of drug-likeness (QED) is 0.338. The van der Waals surface area contributed by atoms with Gasteiger partial charge >= 0.3 is 21.7 Å². The topological polar surface area (TPSA) is 23.8 Å². The summed E-state index contributed by atoms with van der Waals surface area (Å²) in [5.74, 6) is 0. The molecule has 0 aromatic heterocycles. The van der Waals surface area contributed by atoms with E-state index in [0.717, 1.165) is 6.42 Å². The maximum absolute atomic E-state index is 6.94. The van der Waals surface area contributed by atoms with Gasteiger partial charge in [0, 0.05) is 9.52 Å². The minimum atomic E-state index is -0.250. The van der Waals surface area contributed by atoms with Crippen LogP contribution in [0.2, 0.25) is 13.1 Å². The van der Waals surface area contributed by atoms with Gasteiger partial charge in [-0.05, 0) is 6.42 Å². The third-order valence-corrected chi connectivity index (χ3v) is 2.62. The van der Waals surface area contributed by atoms with Crippen molar-refractivity contribution in [2.24, 2.45) is 0 Å². The van der Waals surface area contributed by atoms with Crippen molar-refractivity contribution in [2.45, 2.75) is 45.8 Å². The normalized spacial score (nSPS) is 9.92. The minimum Gasteiger partial charge on any atom is -0.673 e.